The van der Waals surface area contributed by atoms with E-state index in [0.717, 1.165) is 0 Å². The van der Waals surface area contributed by atoms with E-state index in [4.69, 9.17) is 9.42 Å². The first-order valence-electron chi connectivity index (χ1n) is 3.98. The maximum atomic E-state index is 11.1. The van der Waals surface area contributed by atoms with Gasteiger partial charge in [-0.3, -0.25) is 9.36 Å². The Morgan fingerprint density at radius 1 is 1.58 bits per heavy atom. The number of hydrogen-bond donors (Lipinski definition) is 1. The van der Waals surface area contributed by atoms with Crippen molar-refractivity contribution in [2.24, 2.45) is 0 Å². The number of carbonyl (C=O) groups excluding carboxylic acids is 1. The highest BCUT2D eigenvalue weighted by atomic mass is 31.2. The number of carbonyl (C=O) groups is 1. The first-order chi connectivity index (χ1) is 5.44. The minimum atomic E-state index is -4.00. The summed E-state index contributed by atoms with van der Waals surface area (Å²) in [6.45, 7) is 5.01. The number of rotatable bonds is 5. The van der Waals surface area contributed by atoms with Gasteiger partial charge < -0.3 is 9.42 Å². The molecule has 12 heavy (non-hydrogen) atoms. The SMILES string of the molecule is CCC(=O)P(=O)(O)OC(C)CC. The lowest BCUT2D eigenvalue weighted by Gasteiger charge is -2.14. The van der Waals surface area contributed by atoms with E-state index < -0.39 is 13.1 Å². The second-order valence-corrected chi connectivity index (χ2v) is 4.34. The molecule has 0 aliphatic heterocycles. The van der Waals surface area contributed by atoms with E-state index in [0.29, 0.717) is 6.42 Å². The fraction of sp³-hybridized carbons (Fsp3) is 0.857. The smallest absolute Gasteiger partial charge is 0.319 e. The highest BCUT2D eigenvalue weighted by molar-refractivity contribution is 7.70. The lowest BCUT2D eigenvalue weighted by molar-refractivity contribution is -0.113. The Morgan fingerprint density at radius 2 is 2.08 bits per heavy atom. The van der Waals surface area contributed by atoms with Gasteiger partial charge in [0, 0.05) is 6.42 Å². The zero-order valence-corrected chi connectivity index (χ0v) is 8.51. The third-order valence-corrected chi connectivity index (χ3v) is 3.11. The topological polar surface area (TPSA) is 63.6 Å². The Morgan fingerprint density at radius 3 is 2.42 bits per heavy atom. The van der Waals surface area contributed by atoms with Gasteiger partial charge in [0.05, 0.1) is 6.10 Å². The van der Waals surface area contributed by atoms with E-state index in [-0.39, 0.29) is 12.5 Å². The molecule has 0 aliphatic rings. The summed E-state index contributed by atoms with van der Waals surface area (Å²) in [4.78, 5) is 19.9. The molecule has 0 aromatic heterocycles. The molecule has 0 spiro atoms. The zero-order chi connectivity index (χ0) is 9.78. The van der Waals surface area contributed by atoms with Crippen molar-refractivity contribution in [3.05, 3.63) is 0 Å². The van der Waals surface area contributed by atoms with Gasteiger partial charge in [0.15, 0.2) is 0 Å². The van der Waals surface area contributed by atoms with Crippen LogP contribution in [0.5, 0.6) is 0 Å². The summed E-state index contributed by atoms with van der Waals surface area (Å²) in [5.41, 5.74) is -0.720. The maximum absolute atomic E-state index is 11.1. The minimum absolute atomic E-state index is 0.0320. The lowest BCUT2D eigenvalue weighted by Crippen LogP contribution is -2.09. The highest BCUT2D eigenvalue weighted by Crippen LogP contribution is 2.45. The maximum Gasteiger partial charge on any atom is 0.394 e. The summed E-state index contributed by atoms with van der Waals surface area (Å²) in [5, 5.41) is 0. The molecule has 0 aromatic carbocycles. The molecular formula is C7H15O4P. The van der Waals surface area contributed by atoms with Crippen LogP contribution in [0.15, 0.2) is 0 Å². The van der Waals surface area contributed by atoms with Gasteiger partial charge >= 0.3 is 7.60 Å². The molecule has 0 rings (SSSR count). The largest absolute Gasteiger partial charge is 0.394 e. The van der Waals surface area contributed by atoms with Crippen LogP contribution in [0, 0.1) is 0 Å². The Balaban J connectivity index is 4.22. The van der Waals surface area contributed by atoms with Gasteiger partial charge in [-0.15, -0.1) is 0 Å². The molecule has 0 heterocycles. The molecule has 1 N–H and O–H groups in total. The second-order valence-electron chi connectivity index (χ2n) is 2.59. The average molecular weight is 194 g/mol. The van der Waals surface area contributed by atoms with Gasteiger partial charge in [0.25, 0.3) is 0 Å². The monoisotopic (exact) mass is 194 g/mol. The second kappa shape index (κ2) is 4.75. The third kappa shape index (κ3) is 3.48. The summed E-state index contributed by atoms with van der Waals surface area (Å²) < 4.78 is 15.8. The van der Waals surface area contributed by atoms with Gasteiger partial charge in [-0.25, -0.2) is 0 Å². The molecule has 0 amide bonds. The van der Waals surface area contributed by atoms with E-state index in [1.165, 1.54) is 6.92 Å². The Hall–Kier alpha value is -0.180. The zero-order valence-electron chi connectivity index (χ0n) is 7.61. The van der Waals surface area contributed by atoms with Crippen LogP contribution < -0.4 is 0 Å². The van der Waals surface area contributed by atoms with Gasteiger partial charge in [-0.1, -0.05) is 13.8 Å². The van der Waals surface area contributed by atoms with E-state index in [1.807, 2.05) is 6.92 Å². The molecule has 4 nitrogen and oxygen atoms in total. The van der Waals surface area contributed by atoms with E-state index in [1.54, 1.807) is 6.92 Å². The van der Waals surface area contributed by atoms with Crippen molar-refractivity contribution in [3.8, 4) is 0 Å². The standard InChI is InChI=1S/C7H15O4P/c1-4-6(3)11-12(9,10)7(8)5-2/h6H,4-5H2,1-3H3,(H,9,10). The summed E-state index contributed by atoms with van der Waals surface area (Å²) >= 11 is 0. The molecule has 2 unspecified atom stereocenters. The minimum Gasteiger partial charge on any atom is -0.319 e. The predicted octanol–water partition coefficient (Wildman–Crippen LogP) is 1.92. The van der Waals surface area contributed by atoms with Gasteiger partial charge in [-0.05, 0) is 13.3 Å². The molecule has 5 heteroatoms. The van der Waals surface area contributed by atoms with Crippen LogP contribution in [0.2, 0.25) is 0 Å². The molecule has 72 valence electrons. The molecule has 0 saturated heterocycles. The normalized spacial score (nSPS) is 18.3. The molecule has 0 saturated carbocycles. The van der Waals surface area contributed by atoms with Crippen molar-refractivity contribution >= 4 is 13.1 Å². The van der Waals surface area contributed by atoms with Crippen LogP contribution in [0.3, 0.4) is 0 Å². The lowest BCUT2D eigenvalue weighted by atomic mass is 10.3. The first kappa shape index (κ1) is 11.8. The highest BCUT2D eigenvalue weighted by Gasteiger charge is 2.30. The van der Waals surface area contributed by atoms with Gasteiger partial charge in [0.2, 0.25) is 5.52 Å². The summed E-state index contributed by atoms with van der Waals surface area (Å²) in [5.74, 6) is 0. The summed E-state index contributed by atoms with van der Waals surface area (Å²) in [6.07, 6.45) is 0.294. The molecular weight excluding hydrogens is 179 g/mol. The predicted molar refractivity (Wildman–Crippen MR) is 46.0 cm³/mol. The van der Waals surface area contributed by atoms with Crippen molar-refractivity contribution in [1.29, 1.82) is 0 Å². The van der Waals surface area contributed by atoms with Crippen LogP contribution in [0.25, 0.3) is 0 Å². The van der Waals surface area contributed by atoms with Crippen molar-refractivity contribution in [1.82, 2.24) is 0 Å². The molecule has 0 bridgehead atoms. The quantitative estimate of drug-likeness (QED) is 0.679. The molecule has 0 aliphatic carbocycles. The fourth-order valence-corrected chi connectivity index (χ4v) is 1.73. The summed E-state index contributed by atoms with van der Waals surface area (Å²) in [6, 6.07) is 0. The molecule has 0 radical (unpaired) electrons. The fourth-order valence-electron chi connectivity index (χ4n) is 0.577. The number of hydrogen-bond acceptors (Lipinski definition) is 3. The van der Waals surface area contributed by atoms with Gasteiger partial charge in [0.1, 0.15) is 0 Å². The Kier molecular flexibility index (Phi) is 4.68. The van der Waals surface area contributed by atoms with Crippen LogP contribution in [-0.2, 0) is 13.9 Å². The molecule has 0 aromatic rings. The van der Waals surface area contributed by atoms with Crippen LogP contribution in [-0.4, -0.2) is 16.5 Å². The van der Waals surface area contributed by atoms with Crippen LogP contribution >= 0.6 is 7.60 Å². The van der Waals surface area contributed by atoms with Crippen LogP contribution in [0.1, 0.15) is 33.6 Å². The average Bonchev–Trinajstić information content (AvgIpc) is 2.02. The first-order valence-corrected chi connectivity index (χ1v) is 5.56. The Bertz CT molecular complexity index is 202. The van der Waals surface area contributed by atoms with Gasteiger partial charge in [-0.2, -0.15) is 0 Å². The van der Waals surface area contributed by atoms with Crippen molar-refractivity contribution in [2.45, 2.75) is 39.7 Å². The van der Waals surface area contributed by atoms with E-state index in [2.05, 4.69) is 0 Å². The van der Waals surface area contributed by atoms with Crippen LogP contribution in [0.4, 0.5) is 0 Å². The molecule has 2 atom stereocenters. The molecule has 0 fully saturated rings. The van der Waals surface area contributed by atoms with E-state index in [9.17, 15) is 9.36 Å². The Labute approximate surface area is 72.5 Å². The van der Waals surface area contributed by atoms with Crippen molar-refractivity contribution in [3.63, 3.8) is 0 Å². The van der Waals surface area contributed by atoms with E-state index >= 15 is 0 Å². The summed E-state index contributed by atoms with van der Waals surface area (Å²) in [7, 11) is -4.00. The third-order valence-electron chi connectivity index (χ3n) is 1.52. The van der Waals surface area contributed by atoms with Crippen molar-refractivity contribution < 1.29 is 18.8 Å². The van der Waals surface area contributed by atoms with Crippen molar-refractivity contribution in [2.75, 3.05) is 0 Å².